The standard InChI is InChI=1S/C27H26FN3O3S/c1-4-30(5-2)25(32)19-12-13-23-24(15-19)29-27(35-17-18-8-6-9-20(28)14-18)31(26(23)33)21-10-7-11-22(16-21)34-3/h6-16H,4-5,17H2,1-3H3. The molecule has 0 atom stereocenters. The predicted molar refractivity (Wildman–Crippen MR) is 137 cm³/mol. The fourth-order valence-electron chi connectivity index (χ4n) is 3.84. The molecule has 4 rings (SSSR count). The van der Waals surface area contributed by atoms with Crippen molar-refractivity contribution in [1.82, 2.24) is 14.5 Å². The Kier molecular flexibility index (Phi) is 7.51. The first-order valence-electron chi connectivity index (χ1n) is 11.3. The van der Waals surface area contributed by atoms with Crippen LogP contribution in [-0.2, 0) is 5.75 Å². The molecule has 0 radical (unpaired) electrons. The number of hydrogen-bond donors (Lipinski definition) is 0. The molecular formula is C27H26FN3O3S. The summed E-state index contributed by atoms with van der Waals surface area (Å²) in [6.07, 6.45) is 0. The summed E-state index contributed by atoms with van der Waals surface area (Å²) < 4.78 is 20.6. The van der Waals surface area contributed by atoms with E-state index in [1.165, 1.54) is 28.5 Å². The van der Waals surface area contributed by atoms with Gasteiger partial charge in [0.25, 0.3) is 11.5 Å². The van der Waals surface area contributed by atoms with Gasteiger partial charge in [-0.15, -0.1) is 0 Å². The number of halogens is 1. The van der Waals surface area contributed by atoms with E-state index in [0.717, 1.165) is 5.56 Å². The highest BCUT2D eigenvalue weighted by Crippen LogP contribution is 2.27. The summed E-state index contributed by atoms with van der Waals surface area (Å²) in [5.41, 5.74) is 2.04. The molecule has 0 aliphatic carbocycles. The van der Waals surface area contributed by atoms with Crippen molar-refractivity contribution in [2.45, 2.75) is 24.8 Å². The Morgan fingerprint density at radius 1 is 1.06 bits per heavy atom. The van der Waals surface area contributed by atoms with Crippen molar-refractivity contribution in [3.05, 3.63) is 94.0 Å². The van der Waals surface area contributed by atoms with Crippen LogP contribution in [0.3, 0.4) is 0 Å². The van der Waals surface area contributed by atoms with Gasteiger partial charge in [-0.1, -0.05) is 30.0 Å². The van der Waals surface area contributed by atoms with Crippen molar-refractivity contribution in [2.24, 2.45) is 0 Å². The van der Waals surface area contributed by atoms with Crippen LogP contribution in [-0.4, -0.2) is 40.6 Å². The minimum Gasteiger partial charge on any atom is -0.497 e. The fraction of sp³-hybridized carbons (Fsp3) is 0.222. The molecule has 180 valence electrons. The first kappa shape index (κ1) is 24.5. The maximum absolute atomic E-state index is 13.7. The Morgan fingerprint density at radius 2 is 1.83 bits per heavy atom. The second-order valence-corrected chi connectivity index (χ2v) is 8.81. The van der Waals surface area contributed by atoms with E-state index in [1.807, 2.05) is 26.0 Å². The molecule has 0 fully saturated rings. The highest BCUT2D eigenvalue weighted by Gasteiger charge is 2.18. The zero-order valence-electron chi connectivity index (χ0n) is 19.8. The molecule has 35 heavy (non-hydrogen) atoms. The topological polar surface area (TPSA) is 64.4 Å². The van der Waals surface area contributed by atoms with Gasteiger partial charge in [-0.25, -0.2) is 9.37 Å². The number of ether oxygens (including phenoxy) is 1. The average Bonchev–Trinajstić information content (AvgIpc) is 2.88. The van der Waals surface area contributed by atoms with E-state index in [0.29, 0.717) is 51.9 Å². The highest BCUT2D eigenvalue weighted by molar-refractivity contribution is 7.98. The van der Waals surface area contributed by atoms with Gasteiger partial charge in [0.05, 0.1) is 23.7 Å². The predicted octanol–water partition coefficient (Wildman–Crippen LogP) is 5.31. The van der Waals surface area contributed by atoms with Gasteiger partial charge >= 0.3 is 0 Å². The molecule has 4 aromatic rings. The molecule has 0 saturated carbocycles. The quantitative estimate of drug-likeness (QED) is 0.247. The smallest absolute Gasteiger partial charge is 0.266 e. The van der Waals surface area contributed by atoms with Gasteiger partial charge in [-0.05, 0) is 61.9 Å². The number of rotatable bonds is 8. The zero-order valence-corrected chi connectivity index (χ0v) is 20.6. The van der Waals surface area contributed by atoms with Crippen LogP contribution in [0.1, 0.15) is 29.8 Å². The minimum atomic E-state index is -0.320. The van der Waals surface area contributed by atoms with Gasteiger partial charge < -0.3 is 9.64 Å². The monoisotopic (exact) mass is 491 g/mol. The minimum absolute atomic E-state index is 0.107. The van der Waals surface area contributed by atoms with Crippen LogP contribution in [0.15, 0.2) is 76.7 Å². The fourth-order valence-corrected chi connectivity index (χ4v) is 4.80. The third kappa shape index (κ3) is 5.22. The summed E-state index contributed by atoms with van der Waals surface area (Å²) in [4.78, 5) is 33.0. The lowest BCUT2D eigenvalue weighted by Crippen LogP contribution is -2.30. The second kappa shape index (κ2) is 10.7. The summed E-state index contributed by atoms with van der Waals surface area (Å²) in [7, 11) is 1.56. The molecule has 0 aliphatic rings. The van der Waals surface area contributed by atoms with Crippen LogP contribution in [0.4, 0.5) is 4.39 Å². The summed E-state index contributed by atoms with van der Waals surface area (Å²) in [6.45, 7) is 5.03. The normalized spacial score (nSPS) is 11.0. The molecule has 1 aromatic heterocycles. The summed E-state index contributed by atoms with van der Waals surface area (Å²) in [5, 5.41) is 0.839. The van der Waals surface area contributed by atoms with E-state index >= 15 is 0 Å². The number of carbonyl (C=O) groups excluding carboxylic acids is 1. The van der Waals surface area contributed by atoms with Gasteiger partial charge in [0.1, 0.15) is 11.6 Å². The van der Waals surface area contributed by atoms with Crippen molar-refractivity contribution in [1.29, 1.82) is 0 Å². The number of fused-ring (bicyclic) bond motifs is 1. The van der Waals surface area contributed by atoms with Crippen molar-refractivity contribution in [3.63, 3.8) is 0 Å². The average molecular weight is 492 g/mol. The van der Waals surface area contributed by atoms with Crippen molar-refractivity contribution >= 4 is 28.6 Å². The van der Waals surface area contributed by atoms with E-state index in [9.17, 15) is 14.0 Å². The van der Waals surface area contributed by atoms with Crippen LogP contribution in [0, 0.1) is 5.82 Å². The van der Waals surface area contributed by atoms with Gasteiger partial charge in [0, 0.05) is 30.5 Å². The summed E-state index contributed by atoms with van der Waals surface area (Å²) >= 11 is 1.32. The van der Waals surface area contributed by atoms with E-state index in [2.05, 4.69) is 0 Å². The first-order valence-corrected chi connectivity index (χ1v) is 12.3. The Bertz CT molecular complexity index is 1430. The lowest BCUT2D eigenvalue weighted by molar-refractivity contribution is 0.0773. The molecule has 1 amide bonds. The maximum atomic E-state index is 13.7. The Morgan fingerprint density at radius 3 is 2.54 bits per heavy atom. The van der Waals surface area contributed by atoms with Crippen molar-refractivity contribution in [3.8, 4) is 11.4 Å². The molecule has 0 N–H and O–H groups in total. The largest absolute Gasteiger partial charge is 0.497 e. The number of carbonyl (C=O) groups is 1. The Balaban J connectivity index is 1.85. The van der Waals surface area contributed by atoms with E-state index in [-0.39, 0.29) is 17.3 Å². The SMILES string of the molecule is CCN(CC)C(=O)c1ccc2c(=O)n(-c3cccc(OC)c3)c(SCc3cccc(F)c3)nc2c1. The second-order valence-electron chi connectivity index (χ2n) is 7.86. The molecule has 0 bridgehead atoms. The number of hydrogen-bond acceptors (Lipinski definition) is 5. The van der Waals surface area contributed by atoms with Crippen LogP contribution in [0.5, 0.6) is 5.75 Å². The van der Waals surface area contributed by atoms with Crippen molar-refractivity contribution in [2.75, 3.05) is 20.2 Å². The molecule has 3 aromatic carbocycles. The lowest BCUT2D eigenvalue weighted by Gasteiger charge is -2.19. The molecule has 0 aliphatic heterocycles. The van der Waals surface area contributed by atoms with Crippen LogP contribution < -0.4 is 10.3 Å². The first-order chi connectivity index (χ1) is 16.9. The molecule has 8 heteroatoms. The molecule has 0 spiro atoms. The number of thioether (sulfide) groups is 1. The van der Waals surface area contributed by atoms with E-state index in [4.69, 9.17) is 9.72 Å². The van der Waals surface area contributed by atoms with E-state index in [1.54, 1.807) is 54.5 Å². The van der Waals surface area contributed by atoms with Crippen LogP contribution in [0.2, 0.25) is 0 Å². The third-order valence-corrected chi connectivity index (χ3v) is 6.71. The molecule has 0 unspecified atom stereocenters. The van der Waals surface area contributed by atoms with Gasteiger partial charge in [-0.3, -0.25) is 14.2 Å². The van der Waals surface area contributed by atoms with Gasteiger partial charge in [-0.2, -0.15) is 0 Å². The Labute approximate surface area is 207 Å². The number of aromatic nitrogens is 2. The molecule has 0 saturated heterocycles. The number of nitrogens with zero attached hydrogens (tertiary/aromatic N) is 3. The van der Waals surface area contributed by atoms with E-state index < -0.39 is 0 Å². The number of amides is 1. The summed E-state index contributed by atoms with van der Waals surface area (Å²) in [6, 6.07) is 18.5. The highest BCUT2D eigenvalue weighted by atomic mass is 32.2. The number of benzene rings is 3. The molecule has 6 nitrogen and oxygen atoms in total. The lowest BCUT2D eigenvalue weighted by atomic mass is 10.1. The Hall–Kier alpha value is -3.65. The van der Waals surface area contributed by atoms with Gasteiger partial charge in [0.2, 0.25) is 0 Å². The van der Waals surface area contributed by atoms with Crippen LogP contribution >= 0.6 is 11.8 Å². The van der Waals surface area contributed by atoms with Crippen LogP contribution in [0.25, 0.3) is 16.6 Å². The van der Waals surface area contributed by atoms with Gasteiger partial charge in [0.15, 0.2) is 5.16 Å². The summed E-state index contributed by atoms with van der Waals surface area (Å²) in [5.74, 6) is 0.595. The number of methoxy groups -OCH3 is 1. The maximum Gasteiger partial charge on any atom is 0.266 e. The molecular weight excluding hydrogens is 465 g/mol. The third-order valence-electron chi connectivity index (χ3n) is 5.70. The van der Waals surface area contributed by atoms with Crippen molar-refractivity contribution < 1.29 is 13.9 Å². The zero-order chi connectivity index (χ0) is 24.9. The molecule has 1 heterocycles.